The molecule has 1 radical (unpaired) electrons. The zero-order chi connectivity index (χ0) is 7.42. The van der Waals surface area contributed by atoms with Crippen LogP contribution in [0.5, 0.6) is 0 Å². The van der Waals surface area contributed by atoms with Gasteiger partial charge in [0.25, 0.3) is 0 Å². The van der Waals surface area contributed by atoms with Gasteiger partial charge in [-0.1, -0.05) is 13.1 Å². The molecule has 1 saturated heterocycles. The van der Waals surface area contributed by atoms with Crippen molar-refractivity contribution >= 4 is 7.28 Å². The van der Waals surface area contributed by atoms with Crippen molar-refractivity contribution in [2.45, 2.75) is 38.2 Å². The van der Waals surface area contributed by atoms with E-state index in [1.165, 1.54) is 19.2 Å². The summed E-state index contributed by atoms with van der Waals surface area (Å²) in [6, 6.07) is 0. The first-order valence-corrected chi connectivity index (χ1v) is 4.83. The fourth-order valence-corrected chi connectivity index (χ4v) is 3.31. The quantitative estimate of drug-likeness (QED) is 0.429. The van der Waals surface area contributed by atoms with Crippen molar-refractivity contribution in [3.05, 3.63) is 0 Å². The van der Waals surface area contributed by atoms with E-state index in [0.29, 0.717) is 12.2 Å². The Morgan fingerprint density at radius 1 is 1.36 bits per heavy atom. The molecule has 0 spiro atoms. The average Bonchev–Trinajstić information content (AvgIpc) is 2.62. The summed E-state index contributed by atoms with van der Waals surface area (Å²) in [5.74, 6) is 2.88. The van der Waals surface area contributed by atoms with Crippen LogP contribution in [0.25, 0.3) is 0 Å². The number of hydrogen-bond acceptors (Lipinski definition) is 1. The third-order valence-corrected chi connectivity index (χ3v) is 3.77. The molecule has 0 aromatic heterocycles. The van der Waals surface area contributed by atoms with Crippen molar-refractivity contribution in [2.24, 2.45) is 17.8 Å². The molecule has 2 bridgehead atoms. The van der Waals surface area contributed by atoms with Gasteiger partial charge < -0.3 is 4.74 Å². The predicted molar refractivity (Wildman–Crippen MR) is 44.8 cm³/mol. The Labute approximate surface area is 68.7 Å². The molecular weight excluding hydrogens is 135 g/mol. The van der Waals surface area contributed by atoms with Crippen LogP contribution in [-0.4, -0.2) is 19.5 Å². The van der Waals surface area contributed by atoms with Crippen molar-refractivity contribution in [2.75, 3.05) is 0 Å². The molecule has 3 fully saturated rings. The standard InChI is InChI=1S/C9H14BO/c1-10-4-6-2-5-3-7(6)9-8(5)11-9/h5-9H,2-4H2,1H3. The maximum Gasteiger partial charge on any atom is 0.106 e. The van der Waals surface area contributed by atoms with Crippen LogP contribution >= 0.6 is 0 Å². The molecule has 5 atom stereocenters. The van der Waals surface area contributed by atoms with Crippen LogP contribution in [0, 0.1) is 17.8 Å². The second-order valence-corrected chi connectivity index (χ2v) is 4.36. The van der Waals surface area contributed by atoms with Crippen LogP contribution in [0.1, 0.15) is 12.8 Å². The van der Waals surface area contributed by atoms with E-state index in [9.17, 15) is 0 Å². The lowest BCUT2D eigenvalue weighted by Crippen LogP contribution is -2.18. The summed E-state index contributed by atoms with van der Waals surface area (Å²) in [5.41, 5.74) is 0. The molecule has 0 N–H and O–H groups in total. The number of hydrogen-bond donors (Lipinski definition) is 0. The lowest BCUT2D eigenvalue weighted by atomic mass is 9.68. The van der Waals surface area contributed by atoms with Gasteiger partial charge in [0, 0.05) is 0 Å². The van der Waals surface area contributed by atoms with E-state index >= 15 is 0 Å². The van der Waals surface area contributed by atoms with Crippen LogP contribution in [-0.2, 0) is 4.74 Å². The molecule has 0 aromatic rings. The van der Waals surface area contributed by atoms with E-state index in [0.717, 1.165) is 17.8 Å². The van der Waals surface area contributed by atoms with Crippen LogP contribution in [0.4, 0.5) is 0 Å². The molecule has 2 aliphatic carbocycles. The Hall–Kier alpha value is 0.0249. The van der Waals surface area contributed by atoms with Gasteiger partial charge >= 0.3 is 0 Å². The second-order valence-electron chi connectivity index (χ2n) is 4.36. The van der Waals surface area contributed by atoms with E-state index in [1.54, 1.807) is 0 Å². The Balaban J connectivity index is 1.73. The number of fused-ring (bicyclic) bond motifs is 5. The van der Waals surface area contributed by atoms with Gasteiger partial charge in [-0.05, 0) is 30.6 Å². The van der Waals surface area contributed by atoms with Gasteiger partial charge in [0.1, 0.15) is 7.28 Å². The van der Waals surface area contributed by atoms with E-state index in [2.05, 4.69) is 14.1 Å². The van der Waals surface area contributed by atoms with Crippen molar-refractivity contribution in [1.29, 1.82) is 0 Å². The second kappa shape index (κ2) is 2.04. The highest BCUT2D eigenvalue weighted by Gasteiger charge is 2.62. The first-order valence-electron chi connectivity index (χ1n) is 4.83. The van der Waals surface area contributed by atoms with Gasteiger partial charge in [-0.15, -0.1) is 0 Å². The molecule has 1 nitrogen and oxygen atoms in total. The minimum atomic E-state index is 0.707. The Morgan fingerprint density at radius 3 is 2.91 bits per heavy atom. The third kappa shape index (κ3) is 0.766. The number of rotatable bonds is 2. The summed E-state index contributed by atoms with van der Waals surface area (Å²) in [6.07, 6.45) is 5.68. The lowest BCUT2D eigenvalue weighted by molar-refractivity contribution is 0.254. The van der Waals surface area contributed by atoms with Gasteiger partial charge in [0.15, 0.2) is 0 Å². The summed E-state index contributed by atoms with van der Waals surface area (Å²) >= 11 is 0. The van der Waals surface area contributed by atoms with E-state index < -0.39 is 0 Å². The highest BCUT2D eigenvalue weighted by Crippen LogP contribution is 2.59. The molecule has 3 rings (SSSR count). The van der Waals surface area contributed by atoms with Crippen molar-refractivity contribution < 1.29 is 4.74 Å². The highest BCUT2D eigenvalue weighted by atomic mass is 16.6. The summed E-state index contributed by atoms with van der Waals surface area (Å²) in [6.45, 7) is 2.18. The largest absolute Gasteiger partial charge is 0.369 e. The maximum atomic E-state index is 5.60. The van der Waals surface area contributed by atoms with E-state index in [1.807, 2.05) is 0 Å². The topological polar surface area (TPSA) is 12.5 Å². The van der Waals surface area contributed by atoms with E-state index in [-0.39, 0.29) is 0 Å². The molecule has 59 valence electrons. The molecule has 1 aliphatic heterocycles. The van der Waals surface area contributed by atoms with Gasteiger partial charge in [-0.3, -0.25) is 0 Å². The molecular formula is C9H14BO. The van der Waals surface area contributed by atoms with Crippen molar-refractivity contribution in [1.82, 2.24) is 0 Å². The zero-order valence-corrected chi connectivity index (χ0v) is 6.99. The minimum absolute atomic E-state index is 0.707. The van der Waals surface area contributed by atoms with Crippen LogP contribution in [0.15, 0.2) is 0 Å². The normalized spacial score (nSPS) is 57.7. The molecule has 2 heteroatoms. The smallest absolute Gasteiger partial charge is 0.106 e. The first kappa shape index (κ1) is 6.53. The number of epoxide rings is 1. The zero-order valence-electron chi connectivity index (χ0n) is 6.99. The van der Waals surface area contributed by atoms with Crippen molar-refractivity contribution in [3.8, 4) is 0 Å². The van der Waals surface area contributed by atoms with Crippen LogP contribution in [0.2, 0.25) is 13.1 Å². The lowest BCUT2D eigenvalue weighted by Gasteiger charge is -2.17. The third-order valence-electron chi connectivity index (χ3n) is 3.77. The molecule has 5 unspecified atom stereocenters. The maximum absolute atomic E-state index is 5.60. The van der Waals surface area contributed by atoms with E-state index in [4.69, 9.17) is 4.74 Å². The predicted octanol–water partition coefficient (Wildman–Crippen LogP) is 1.58. The highest BCUT2D eigenvalue weighted by molar-refractivity contribution is 6.33. The Kier molecular flexibility index (Phi) is 1.21. The Bertz CT molecular complexity index is 182. The summed E-state index contributed by atoms with van der Waals surface area (Å²) in [5, 5.41) is 0. The molecule has 1 heterocycles. The molecule has 11 heavy (non-hydrogen) atoms. The van der Waals surface area contributed by atoms with Crippen LogP contribution < -0.4 is 0 Å². The van der Waals surface area contributed by atoms with Gasteiger partial charge in [0.05, 0.1) is 12.2 Å². The SMILES string of the molecule is C[B]CC1CC2CC1C1OC21. The summed E-state index contributed by atoms with van der Waals surface area (Å²) in [4.78, 5) is 0. The fraction of sp³-hybridized carbons (Fsp3) is 1.00. The minimum Gasteiger partial charge on any atom is -0.369 e. The number of ether oxygens (including phenoxy) is 1. The monoisotopic (exact) mass is 149 g/mol. The Morgan fingerprint density at radius 2 is 2.27 bits per heavy atom. The van der Waals surface area contributed by atoms with Gasteiger partial charge in [0.2, 0.25) is 0 Å². The van der Waals surface area contributed by atoms with Gasteiger partial charge in [-0.2, -0.15) is 0 Å². The van der Waals surface area contributed by atoms with Crippen LogP contribution in [0.3, 0.4) is 0 Å². The van der Waals surface area contributed by atoms with Crippen molar-refractivity contribution in [3.63, 3.8) is 0 Å². The summed E-state index contributed by atoms with van der Waals surface area (Å²) in [7, 11) is 2.32. The average molecular weight is 149 g/mol. The fourth-order valence-electron chi connectivity index (χ4n) is 3.31. The van der Waals surface area contributed by atoms with Gasteiger partial charge in [-0.25, -0.2) is 0 Å². The summed E-state index contributed by atoms with van der Waals surface area (Å²) < 4.78 is 5.60. The molecule has 0 aromatic carbocycles. The molecule has 3 aliphatic rings. The molecule has 0 amide bonds. The first-order chi connectivity index (χ1) is 5.40. The molecule has 2 saturated carbocycles.